The van der Waals surface area contributed by atoms with Crippen LogP contribution in [0.25, 0.3) is 0 Å². The SMILES string of the molecule is OCC1(CC2CCCC2)COCCN1. The first kappa shape index (κ1) is 10.4. The first-order chi connectivity index (χ1) is 6.85. The Morgan fingerprint density at radius 2 is 2.14 bits per heavy atom. The number of ether oxygens (including phenoxy) is 1. The molecule has 14 heavy (non-hydrogen) atoms. The van der Waals surface area contributed by atoms with Crippen LogP contribution >= 0.6 is 0 Å². The predicted octanol–water partition coefficient (Wildman–Crippen LogP) is 0.918. The maximum absolute atomic E-state index is 9.46. The second-order valence-electron chi connectivity index (χ2n) is 4.77. The van der Waals surface area contributed by atoms with Crippen LogP contribution in [0.2, 0.25) is 0 Å². The summed E-state index contributed by atoms with van der Waals surface area (Å²) < 4.78 is 5.46. The van der Waals surface area contributed by atoms with Gasteiger partial charge in [-0.3, -0.25) is 0 Å². The van der Waals surface area contributed by atoms with Gasteiger partial charge in [-0.2, -0.15) is 0 Å². The largest absolute Gasteiger partial charge is 0.394 e. The Balaban J connectivity index is 1.89. The molecule has 0 spiro atoms. The summed E-state index contributed by atoms with van der Waals surface area (Å²) in [5, 5.41) is 12.9. The third-order valence-electron chi connectivity index (χ3n) is 3.58. The van der Waals surface area contributed by atoms with Crippen molar-refractivity contribution in [3.8, 4) is 0 Å². The molecular formula is C11H21NO2. The average Bonchev–Trinajstić information content (AvgIpc) is 2.72. The summed E-state index contributed by atoms with van der Waals surface area (Å²) in [6.45, 7) is 2.56. The Bertz CT molecular complexity index is 172. The summed E-state index contributed by atoms with van der Waals surface area (Å²) in [5.41, 5.74) is -0.132. The van der Waals surface area contributed by atoms with Crippen molar-refractivity contribution in [2.24, 2.45) is 5.92 Å². The molecule has 2 aliphatic rings. The van der Waals surface area contributed by atoms with E-state index in [9.17, 15) is 5.11 Å². The quantitative estimate of drug-likeness (QED) is 0.710. The van der Waals surface area contributed by atoms with Crippen LogP contribution in [0, 0.1) is 5.92 Å². The molecular weight excluding hydrogens is 178 g/mol. The Labute approximate surface area is 85.8 Å². The Morgan fingerprint density at radius 3 is 2.71 bits per heavy atom. The van der Waals surface area contributed by atoms with Crippen molar-refractivity contribution in [1.82, 2.24) is 5.32 Å². The molecule has 1 aliphatic carbocycles. The molecule has 82 valence electrons. The maximum Gasteiger partial charge on any atom is 0.0671 e. The number of morpholine rings is 1. The first-order valence-electron chi connectivity index (χ1n) is 5.78. The molecule has 2 rings (SSSR count). The molecule has 1 atom stereocenters. The van der Waals surface area contributed by atoms with Crippen LogP contribution in [-0.2, 0) is 4.74 Å². The highest BCUT2D eigenvalue weighted by Crippen LogP contribution is 2.32. The molecule has 0 aromatic heterocycles. The topological polar surface area (TPSA) is 41.5 Å². The smallest absolute Gasteiger partial charge is 0.0671 e. The van der Waals surface area contributed by atoms with Gasteiger partial charge in [0.25, 0.3) is 0 Å². The van der Waals surface area contributed by atoms with E-state index in [2.05, 4.69) is 5.32 Å². The van der Waals surface area contributed by atoms with Crippen molar-refractivity contribution in [3.63, 3.8) is 0 Å². The van der Waals surface area contributed by atoms with Crippen molar-refractivity contribution in [3.05, 3.63) is 0 Å². The number of aliphatic hydroxyl groups excluding tert-OH is 1. The zero-order chi connectivity index (χ0) is 9.86. The Morgan fingerprint density at radius 1 is 1.36 bits per heavy atom. The minimum absolute atomic E-state index is 0.132. The molecule has 3 heteroatoms. The van der Waals surface area contributed by atoms with Gasteiger partial charge >= 0.3 is 0 Å². The number of hydrogen-bond donors (Lipinski definition) is 2. The van der Waals surface area contributed by atoms with Gasteiger partial charge in [-0.25, -0.2) is 0 Å². The lowest BCUT2D eigenvalue weighted by atomic mass is 9.87. The lowest BCUT2D eigenvalue weighted by molar-refractivity contribution is -0.0122. The molecule has 3 nitrogen and oxygen atoms in total. The molecule has 1 saturated heterocycles. The minimum atomic E-state index is -0.132. The highest BCUT2D eigenvalue weighted by Gasteiger charge is 2.35. The first-order valence-corrected chi connectivity index (χ1v) is 5.78. The van der Waals surface area contributed by atoms with Gasteiger partial charge in [0.15, 0.2) is 0 Å². The second-order valence-corrected chi connectivity index (χ2v) is 4.77. The van der Waals surface area contributed by atoms with Gasteiger partial charge in [0.2, 0.25) is 0 Å². The van der Waals surface area contributed by atoms with Gasteiger partial charge in [0.1, 0.15) is 0 Å². The van der Waals surface area contributed by atoms with Crippen LogP contribution in [0.5, 0.6) is 0 Å². The van der Waals surface area contributed by atoms with Crippen LogP contribution in [-0.4, -0.2) is 37.0 Å². The average molecular weight is 199 g/mol. The molecule has 2 N–H and O–H groups in total. The fraction of sp³-hybridized carbons (Fsp3) is 1.00. The van der Waals surface area contributed by atoms with E-state index >= 15 is 0 Å². The lowest BCUT2D eigenvalue weighted by Gasteiger charge is -2.38. The number of hydrogen-bond acceptors (Lipinski definition) is 3. The highest BCUT2D eigenvalue weighted by molar-refractivity contribution is 4.92. The lowest BCUT2D eigenvalue weighted by Crippen LogP contribution is -2.57. The Hall–Kier alpha value is -0.120. The van der Waals surface area contributed by atoms with Gasteiger partial charge in [-0.05, 0) is 12.3 Å². The van der Waals surface area contributed by atoms with Crippen LogP contribution in [0.1, 0.15) is 32.1 Å². The van der Waals surface area contributed by atoms with E-state index in [0.717, 1.165) is 25.5 Å². The van der Waals surface area contributed by atoms with E-state index < -0.39 is 0 Å². The van der Waals surface area contributed by atoms with Gasteiger partial charge in [0, 0.05) is 6.54 Å². The van der Waals surface area contributed by atoms with E-state index in [1.54, 1.807) is 0 Å². The third-order valence-corrected chi connectivity index (χ3v) is 3.58. The molecule has 1 saturated carbocycles. The monoisotopic (exact) mass is 199 g/mol. The van der Waals surface area contributed by atoms with Gasteiger partial charge in [-0.1, -0.05) is 25.7 Å². The molecule has 0 aromatic rings. The number of rotatable bonds is 3. The van der Waals surface area contributed by atoms with Crippen LogP contribution < -0.4 is 5.32 Å². The predicted molar refractivity (Wildman–Crippen MR) is 55.2 cm³/mol. The van der Waals surface area contributed by atoms with Crippen LogP contribution in [0.4, 0.5) is 0 Å². The van der Waals surface area contributed by atoms with E-state index in [4.69, 9.17) is 4.74 Å². The van der Waals surface area contributed by atoms with Crippen LogP contribution in [0.15, 0.2) is 0 Å². The van der Waals surface area contributed by atoms with E-state index in [1.807, 2.05) is 0 Å². The molecule has 1 heterocycles. The molecule has 1 aliphatic heterocycles. The normalized spacial score (nSPS) is 34.9. The molecule has 0 radical (unpaired) electrons. The number of aliphatic hydroxyl groups is 1. The molecule has 0 bridgehead atoms. The van der Waals surface area contributed by atoms with E-state index in [-0.39, 0.29) is 12.1 Å². The molecule has 0 amide bonds. The molecule has 0 aromatic carbocycles. The summed E-state index contributed by atoms with van der Waals surface area (Å²) in [7, 11) is 0. The highest BCUT2D eigenvalue weighted by atomic mass is 16.5. The van der Waals surface area contributed by atoms with Crippen molar-refractivity contribution in [2.45, 2.75) is 37.6 Å². The Kier molecular flexibility index (Phi) is 3.42. The zero-order valence-electron chi connectivity index (χ0n) is 8.80. The zero-order valence-corrected chi connectivity index (χ0v) is 8.80. The van der Waals surface area contributed by atoms with Crippen molar-refractivity contribution >= 4 is 0 Å². The van der Waals surface area contributed by atoms with Gasteiger partial charge in [-0.15, -0.1) is 0 Å². The van der Waals surface area contributed by atoms with Crippen molar-refractivity contribution in [2.75, 3.05) is 26.4 Å². The fourth-order valence-corrected chi connectivity index (χ4v) is 2.77. The summed E-state index contributed by atoms with van der Waals surface area (Å²) in [6, 6.07) is 0. The van der Waals surface area contributed by atoms with Crippen LogP contribution in [0.3, 0.4) is 0 Å². The van der Waals surface area contributed by atoms with Gasteiger partial charge in [0.05, 0.1) is 25.4 Å². The summed E-state index contributed by atoms with van der Waals surface area (Å²) in [4.78, 5) is 0. The fourth-order valence-electron chi connectivity index (χ4n) is 2.77. The molecule has 1 unspecified atom stereocenters. The molecule has 2 fully saturated rings. The van der Waals surface area contributed by atoms with Crippen molar-refractivity contribution in [1.29, 1.82) is 0 Å². The third kappa shape index (κ3) is 2.27. The van der Waals surface area contributed by atoms with E-state index in [0.29, 0.717) is 6.61 Å². The van der Waals surface area contributed by atoms with Crippen molar-refractivity contribution < 1.29 is 9.84 Å². The minimum Gasteiger partial charge on any atom is -0.394 e. The maximum atomic E-state index is 9.46. The second kappa shape index (κ2) is 4.60. The summed E-state index contributed by atoms with van der Waals surface area (Å²) in [6.07, 6.45) is 6.50. The summed E-state index contributed by atoms with van der Waals surface area (Å²) >= 11 is 0. The standard InChI is InChI=1S/C11H21NO2/c13-8-11(9-14-6-5-12-11)7-10-3-1-2-4-10/h10,12-13H,1-9H2. The summed E-state index contributed by atoms with van der Waals surface area (Å²) in [5.74, 6) is 0.802. The van der Waals surface area contributed by atoms with E-state index in [1.165, 1.54) is 25.7 Å². The van der Waals surface area contributed by atoms with Gasteiger partial charge < -0.3 is 15.2 Å². The number of nitrogens with one attached hydrogen (secondary N) is 1.